The Hall–Kier alpha value is -1.75. The largest absolute Gasteiger partial charge is 0.444 e. The molecule has 0 spiro atoms. The molecule has 19 heavy (non-hydrogen) atoms. The number of nitrogens with zero attached hydrogens (tertiary/aromatic N) is 2. The maximum atomic E-state index is 11.5. The summed E-state index contributed by atoms with van der Waals surface area (Å²) < 4.78 is 6.90. The van der Waals surface area contributed by atoms with Gasteiger partial charge in [0.15, 0.2) is 0 Å². The molecule has 0 bridgehead atoms. The molecule has 0 fully saturated rings. The summed E-state index contributed by atoms with van der Waals surface area (Å²) in [5.41, 5.74) is 0.958. The fourth-order valence-electron chi connectivity index (χ4n) is 1.59. The molecule has 0 aliphatic carbocycles. The number of carbonyl (C=O) groups is 1. The highest BCUT2D eigenvalue weighted by molar-refractivity contribution is 6.29. The first-order chi connectivity index (χ1) is 8.85. The van der Waals surface area contributed by atoms with E-state index >= 15 is 0 Å². The minimum Gasteiger partial charge on any atom is -0.444 e. The number of carbonyl (C=O) groups excluding carboxylic acids is 1. The number of nitrogens with one attached hydrogen (secondary N) is 1. The van der Waals surface area contributed by atoms with Gasteiger partial charge in [-0.3, -0.25) is 4.40 Å². The van der Waals surface area contributed by atoms with E-state index in [-0.39, 0.29) is 0 Å². The standard InChI is InChI=1S/C13H16ClN3O2/c1-13(2,3)19-12(18)15-7-9-8-17-10(14)5-4-6-11(17)16-9/h4-6,8H,7H2,1-3H3,(H,15,18). The van der Waals surface area contributed by atoms with Gasteiger partial charge in [0.1, 0.15) is 16.4 Å². The molecule has 0 aliphatic rings. The molecule has 0 saturated carbocycles. The molecule has 0 aliphatic heterocycles. The third-order valence-electron chi connectivity index (χ3n) is 2.31. The molecule has 0 radical (unpaired) electrons. The second-order valence-electron chi connectivity index (χ2n) is 5.16. The molecule has 5 nitrogen and oxygen atoms in total. The summed E-state index contributed by atoms with van der Waals surface area (Å²) in [5, 5.41) is 3.23. The Morgan fingerprint density at radius 3 is 2.84 bits per heavy atom. The van der Waals surface area contributed by atoms with Crippen molar-refractivity contribution in [2.45, 2.75) is 32.9 Å². The normalized spacial score (nSPS) is 11.6. The van der Waals surface area contributed by atoms with Crippen LogP contribution in [0.15, 0.2) is 24.4 Å². The van der Waals surface area contributed by atoms with Gasteiger partial charge in [-0.1, -0.05) is 17.7 Å². The fourth-order valence-corrected chi connectivity index (χ4v) is 1.80. The van der Waals surface area contributed by atoms with Gasteiger partial charge in [0.25, 0.3) is 0 Å². The topological polar surface area (TPSA) is 55.6 Å². The summed E-state index contributed by atoms with van der Waals surface area (Å²) in [4.78, 5) is 15.9. The Kier molecular flexibility index (Phi) is 3.66. The van der Waals surface area contributed by atoms with E-state index in [0.29, 0.717) is 11.7 Å². The van der Waals surface area contributed by atoms with Crippen molar-refractivity contribution in [2.24, 2.45) is 0 Å². The fraction of sp³-hybridized carbons (Fsp3) is 0.385. The molecule has 0 saturated heterocycles. The number of ether oxygens (including phenoxy) is 1. The molecule has 0 unspecified atom stereocenters. The van der Waals surface area contributed by atoms with Crippen LogP contribution in [-0.4, -0.2) is 21.1 Å². The maximum absolute atomic E-state index is 11.5. The summed E-state index contributed by atoms with van der Waals surface area (Å²) in [6.45, 7) is 5.75. The highest BCUT2D eigenvalue weighted by Gasteiger charge is 2.16. The number of aromatic nitrogens is 2. The van der Waals surface area contributed by atoms with E-state index in [2.05, 4.69) is 10.3 Å². The van der Waals surface area contributed by atoms with Gasteiger partial charge in [-0.25, -0.2) is 9.78 Å². The summed E-state index contributed by atoms with van der Waals surface area (Å²) in [7, 11) is 0. The van der Waals surface area contributed by atoms with Gasteiger partial charge in [0.05, 0.1) is 12.2 Å². The predicted molar refractivity (Wildman–Crippen MR) is 73.3 cm³/mol. The zero-order valence-corrected chi connectivity index (χ0v) is 11.9. The van der Waals surface area contributed by atoms with Crippen LogP contribution >= 0.6 is 11.6 Å². The second-order valence-corrected chi connectivity index (χ2v) is 5.55. The van der Waals surface area contributed by atoms with Gasteiger partial charge < -0.3 is 10.1 Å². The minimum atomic E-state index is -0.508. The van der Waals surface area contributed by atoms with Crippen LogP contribution in [0.25, 0.3) is 5.65 Å². The average Bonchev–Trinajstić information content (AvgIpc) is 2.68. The minimum absolute atomic E-state index is 0.299. The van der Waals surface area contributed by atoms with Crippen LogP contribution in [0.2, 0.25) is 5.15 Å². The number of fused-ring (bicyclic) bond motifs is 1. The lowest BCUT2D eigenvalue weighted by Crippen LogP contribution is -2.32. The number of rotatable bonds is 2. The SMILES string of the molecule is CC(C)(C)OC(=O)NCc1cn2c(Cl)cccc2n1. The average molecular weight is 282 g/mol. The van der Waals surface area contributed by atoms with E-state index in [0.717, 1.165) is 11.3 Å². The maximum Gasteiger partial charge on any atom is 0.407 e. The smallest absolute Gasteiger partial charge is 0.407 e. The van der Waals surface area contributed by atoms with E-state index in [9.17, 15) is 4.79 Å². The lowest BCUT2D eigenvalue weighted by atomic mass is 10.2. The van der Waals surface area contributed by atoms with E-state index in [4.69, 9.17) is 16.3 Å². The van der Waals surface area contributed by atoms with Crippen molar-refractivity contribution in [2.75, 3.05) is 0 Å². The Morgan fingerprint density at radius 1 is 1.47 bits per heavy atom. The van der Waals surface area contributed by atoms with Gasteiger partial charge >= 0.3 is 6.09 Å². The lowest BCUT2D eigenvalue weighted by molar-refractivity contribution is 0.0523. The molecule has 2 rings (SSSR count). The summed E-state index contributed by atoms with van der Waals surface area (Å²) in [6.07, 6.45) is 1.32. The van der Waals surface area contributed by atoms with Gasteiger partial charge in [-0.15, -0.1) is 0 Å². The zero-order chi connectivity index (χ0) is 14.0. The highest BCUT2D eigenvalue weighted by atomic mass is 35.5. The number of hydrogen-bond donors (Lipinski definition) is 1. The van der Waals surface area contributed by atoms with Crippen LogP contribution in [0.3, 0.4) is 0 Å². The Morgan fingerprint density at radius 2 is 2.21 bits per heavy atom. The Balaban J connectivity index is 2.02. The summed E-state index contributed by atoms with van der Waals surface area (Å²) in [6, 6.07) is 5.46. The van der Waals surface area contributed by atoms with E-state index in [1.165, 1.54) is 0 Å². The molecule has 2 aromatic heterocycles. The monoisotopic (exact) mass is 281 g/mol. The number of hydrogen-bond acceptors (Lipinski definition) is 3. The molecule has 0 aromatic carbocycles. The molecule has 2 heterocycles. The lowest BCUT2D eigenvalue weighted by Gasteiger charge is -2.19. The van der Waals surface area contributed by atoms with E-state index < -0.39 is 11.7 Å². The molecule has 2 aromatic rings. The number of halogens is 1. The number of amides is 1. The molecule has 0 atom stereocenters. The first-order valence-electron chi connectivity index (χ1n) is 5.94. The van der Waals surface area contributed by atoms with Crippen LogP contribution < -0.4 is 5.32 Å². The zero-order valence-electron chi connectivity index (χ0n) is 11.1. The van der Waals surface area contributed by atoms with Crippen molar-refractivity contribution in [3.05, 3.63) is 35.2 Å². The van der Waals surface area contributed by atoms with Crippen LogP contribution in [-0.2, 0) is 11.3 Å². The third kappa shape index (κ3) is 3.61. The first kappa shape index (κ1) is 13.7. The van der Waals surface area contributed by atoms with Crippen molar-refractivity contribution >= 4 is 23.3 Å². The van der Waals surface area contributed by atoms with Crippen LogP contribution in [0.5, 0.6) is 0 Å². The van der Waals surface area contributed by atoms with Crippen molar-refractivity contribution in [3.8, 4) is 0 Å². The molecular formula is C13H16ClN3O2. The molecule has 6 heteroatoms. The summed E-state index contributed by atoms with van der Waals surface area (Å²) in [5.74, 6) is 0. The van der Waals surface area contributed by atoms with Crippen molar-refractivity contribution in [1.29, 1.82) is 0 Å². The molecule has 1 amide bonds. The Bertz CT molecular complexity index is 601. The number of imidazole rings is 1. The molecule has 102 valence electrons. The van der Waals surface area contributed by atoms with Crippen LogP contribution in [0.1, 0.15) is 26.5 Å². The number of alkyl carbamates (subject to hydrolysis) is 1. The van der Waals surface area contributed by atoms with Crippen LogP contribution in [0, 0.1) is 0 Å². The van der Waals surface area contributed by atoms with Crippen LogP contribution in [0.4, 0.5) is 4.79 Å². The molecular weight excluding hydrogens is 266 g/mol. The van der Waals surface area contributed by atoms with Gasteiger partial charge in [-0.2, -0.15) is 0 Å². The van der Waals surface area contributed by atoms with E-state index in [1.54, 1.807) is 16.7 Å². The number of pyridine rings is 1. The predicted octanol–water partition coefficient (Wildman–Crippen LogP) is 3.01. The quantitative estimate of drug-likeness (QED) is 0.861. The van der Waals surface area contributed by atoms with E-state index in [1.807, 2.05) is 32.9 Å². The van der Waals surface area contributed by atoms with Crippen molar-refractivity contribution < 1.29 is 9.53 Å². The van der Waals surface area contributed by atoms with Gasteiger partial charge in [0.2, 0.25) is 0 Å². The molecule has 1 N–H and O–H groups in total. The van der Waals surface area contributed by atoms with Crippen molar-refractivity contribution in [1.82, 2.24) is 14.7 Å². The van der Waals surface area contributed by atoms with Crippen molar-refractivity contribution in [3.63, 3.8) is 0 Å². The summed E-state index contributed by atoms with van der Waals surface area (Å²) >= 11 is 6.03. The highest BCUT2D eigenvalue weighted by Crippen LogP contribution is 2.13. The van der Waals surface area contributed by atoms with Gasteiger partial charge in [-0.05, 0) is 32.9 Å². The van der Waals surface area contributed by atoms with Gasteiger partial charge in [0, 0.05) is 6.20 Å². The first-order valence-corrected chi connectivity index (χ1v) is 6.32. The second kappa shape index (κ2) is 5.09. The third-order valence-corrected chi connectivity index (χ3v) is 2.61. The Labute approximate surface area is 116 Å².